The molecule has 0 bridgehead atoms. The smallest absolute Gasteiger partial charge is 0.223 e. The molecule has 0 radical (unpaired) electrons. The van der Waals surface area contributed by atoms with E-state index in [-0.39, 0.29) is 29.6 Å². The van der Waals surface area contributed by atoms with Gasteiger partial charge in [-0.25, -0.2) is 4.39 Å². The molecular formula is C20H27FN2O2. The highest BCUT2D eigenvalue weighted by Crippen LogP contribution is 2.30. The number of nitrogens with zero attached hydrogens (tertiary/aromatic N) is 1. The van der Waals surface area contributed by atoms with Crippen molar-refractivity contribution in [2.75, 3.05) is 13.1 Å². The van der Waals surface area contributed by atoms with Gasteiger partial charge < -0.3 is 10.2 Å². The molecule has 0 aromatic heterocycles. The number of rotatable bonds is 4. The van der Waals surface area contributed by atoms with E-state index >= 15 is 0 Å². The standard InChI is InChI=1S/C20H27FN2O2/c1-14(24)23-11-9-16(10-12-23)20(25)22-19-4-2-3-17(19)13-15-5-7-18(21)8-6-15/h5-8,16-17,19H,2-4,9-13H2,1H3,(H,22,25)/t17-,19-/m0/s1. The van der Waals surface area contributed by atoms with Crippen molar-refractivity contribution >= 4 is 11.8 Å². The van der Waals surface area contributed by atoms with E-state index in [0.717, 1.165) is 44.1 Å². The van der Waals surface area contributed by atoms with Crippen molar-refractivity contribution in [3.8, 4) is 0 Å². The topological polar surface area (TPSA) is 49.4 Å². The maximum atomic E-state index is 13.1. The fourth-order valence-electron chi connectivity index (χ4n) is 4.15. The zero-order valence-electron chi connectivity index (χ0n) is 14.8. The minimum atomic E-state index is -0.211. The van der Waals surface area contributed by atoms with Gasteiger partial charge in [0.15, 0.2) is 0 Å². The average Bonchev–Trinajstić information content (AvgIpc) is 3.03. The van der Waals surface area contributed by atoms with Gasteiger partial charge in [-0.05, 0) is 55.7 Å². The van der Waals surface area contributed by atoms with Gasteiger partial charge in [-0.1, -0.05) is 18.6 Å². The Bertz CT molecular complexity index is 609. The van der Waals surface area contributed by atoms with Crippen LogP contribution >= 0.6 is 0 Å². The molecule has 1 N–H and O–H groups in total. The van der Waals surface area contributed by atoms with Gasteiger partial charge in [-0.2, -0.15) is 0 Å². The molecule has 2 amide bonds. The summed E-state index contributed by atoms with van der Waals surface area (Å²) in [4.78, 5) is 25.8. The average molecular weight is 346 g/mol. The van der Waals surface area contributed by atoms with E-state index in [1.54, 1.807) is 6.92 Å². The summed E-state index contributed by atoms with van der Waals surface area (Å²) in [6.07, 6.45) is 5.63. The quantitative estimate of drug-likeness (QED) is 0.911. The van der Waals surface area contributed by atoms with Crippen molar-refractivity contribution < 1.29 is 14.0 Å². The molecule has 1 saturated carbocycles. The highest BCUT2D eigenvalue weighted by Gasteiger charge is 2.32. The Kier molecular flexibility index (Phi) is 5.71. The van der Waals surface area contributed by atoms with Gasteiger partial charge in [0.1, 0.15) is 5.82 Å². The SMILES string of the molecule is CC(=O)N1CCC(C(=O)N[C@H]2CCC[C@H]2Cc2ccc(F)cc2)CC1. The summed E-state index contributed by atoms with van der Waals surface area (Å²) in [6, 6.07) is 6.89. The van der Waals surface area contributed by atoms with Crippen molar-refractivity contribution in [1.82, 2.24) is 10.2 Å². The summed E-state index contributed by atoms with van der Waals surface area (Å²) >= 11 is 0. The number of amides is 2. The fourth-order valence-corrected chi connectivity index (χ4v) is 4.15. The molecule has 1 aliphatic heterocycles. The monoisotopic (exact) mass is 346 g/mol. The van der Waals surface area contributed by atoms with E-state index in [9.17, 15) is 14.0 Å². The molecule has 2 fully saturated rings. The zero-order valence-corrected chi connectivity index (χ0v) is 14.8. The van der Waals surface area contributed by atoms with E-state index < -0.39 is 0 Å². The number of hydrogen-bond donors (Lipinski definition) is 1. The molecule has 0 unspecified atom stereocenters. The lowest BCUT2D eigenvalue weighted by molar-refractivity contribution is -0.134. The number of hydrogen-bond acceptors (Lipinski definition) is 2. The molecule has 25 heavy (non-hydrogen) atoms. The van der Waals surface area contributed by atoms with E-state index in [1.165, 1.54) is 12.1 Å². The maximum absolute atomic E-state index is 13.1. The van der Waals surface area contributed by atoms with Crippen LogP contribution in [0.15, 0.2) is 24.3 Å². The Morgan fingerprint density at radius 3 is 2.44 bits per heavy atom. The number of piperidine rings is 1. The third-order valence-electron chi connectivity index (χ3n) is 5.71. The Labute approximate surface area is 148 Å². The molecular weight excluding hydrogens is 319 g/mol. The van der Waals surface area contributed by atoms with Crippen molar-refractivity contribution in [2.45, 2.75) is 51.5 Å². The highest BCUT2D eigenvalue weighted by atomic mass is 19.1. The van der Waals surface area contributed by atoms with Crippen LogP contribution in [0.5, 0.6) is 0 Å². The van der Waals surface area contributed by atoms with Crippen molar-refractivity contribution in [3.63, 3.8) is 0 Å². The number of carbonyl (C=O) groups is 2. The molecule has 1 saturated heterocycles. The lowest BCUT2D eigenvalue weighted by atomic mass is 9.92. The van der Waals surface area contributed by atoms with Gasteiger partial charge in [0.05, 0.1) is 0 Å². The molecule has 2 aliphatic rings. The third-order valence-corrected chi connectivity index (χ3v) is 5.71. The number of halogens is 1. The molecule has 4 nitrogen and oxygen atoms in total. The van der Waals surface area contributed by atoms with Crippen LogP contribution in [0.1, 0.15) is 44.6 Å². The fraction of sp³-hybridized carbons (Fsp3) is 0.600. The summed E-state index contributed by atoms with van der Waals surface area (Å²) in [6.45, 7) is 2.94. The van der Waals surface area contributed by atoms with Gasteiger partial charge in [-0.15, -0.1) is 0 Å². The molecule has 1 heterocycles. The minimum Gasteiger partial charge on any atom is -0.353 e. The molecule has 136 valence electrons. The van der Waals surface area contributed by atoms with E-state index in [0.29, 0.717) is 19.0 Å². The van der Waals surface area contributed by atoms with Gasteiger partial charge in [0.25, 0.3) is 0 Å². The normalized spacial score (nSPS) is 24.3. The van der Waals surface area contributed by atoms with Crippen LogP contribution < -0.4 is 5.32 Å². The molecule has 1 aromatic rings. The van der Waals surface area contributed by atoms with E-state index in [1.807, 2.05) is 17.0 Å². The third kappa shape index (κ3) is 4.59. The number of benzene rings is 1. The van der Waals surface area contributed by atoms with Crippen LogP contribution in [0.4, 0.5) is 4.39 Å². The van der Waals surface area contributed by atoms with Gasteiger partial charge >= 0.3 is 0 Å². The van der Waals surface area contributed by atoms with Gasteiger partial charge in [0, 0.05) is 32.0 Å². The number of carbonyl (C=O) groups excluding carboxylic acids is 2. The first kappa shape index (κ1) is 17.9. The van der Waals surface area contributed by atoms with Crippen LogP contribution in [-0.2, 0) is 16.0 Å². The summed E-state index contributed by atoms with van der Waals surface area (Å²) in [7, 11) is 0. The molecule has 1 aromatic carbocycles. The minimum absolute atomic E-state index is 0.0164. The maximum Gasteiger partial charge on any atom is 0.223 e. The predicted molar refractivity (Wildman–Crippen MR) is 94.4 cm³/mol. The second kappa shape index (κ2) is 7.98. The lowest BCUT2D eigenvalue weighted by Crippen LogP contribution is -2.46. The second-order valence-electron chi connectivity index (χ2n) is 7.42. The molecule has 3 rings (SSSR count). The molecule has 0 spiro atoms. The number of nitrogens with one attached hydrogen (secondary N) is 1. The van der Waals surface area contributed by atoms with Crippen LogP contribution in [0, 0.1) is 17.7 Å². The Morgan fingerprint density at radius 1 is 1.12 bits per heavy atom. The van der Waals surface area contributed by atoms with Crippen molar-refractivity contribution in [2.24, 2.45) is 11.8 Å². The molecule has 2 atom stereocenters. The Balaban J connectivity index is 1.52. The number of likely N-dealkylation sites (tertiary alicyclic amines) is 1. The second-order valence-corrected chi connectivity index (χ2v) is 7.42. The van der Waals surface area contributed by atoms with Gasteiger partial charge in [-0.3, -0.25) is 9.59 Å². The summed E-state index contributed by atoms with van der Waals surface area (Å²) in [5, 5.41) is 3.26. The first-order chi connectivity index (χ1) is 12.0. The highest BCUT2D eigenvalue weighted by molar-refractivity contribution is 5.80. The Hall–Kier alpha value is -1.91. The van der Waals surface area contributed by atoms with Crippen LogP contribution in [0.2, 0.25) is 0 Å². The van der Waals surface area contributed by atoms with Crippen LogP contribution in [-0.4, -0.2) is 35.8 Å². The summed E-state index contributed by atoms with van der Waals surface area (Å²) in [5.74, 6) is 0.458. The van der Waals surface area contributed by atoms with Crippen molar-refractivity contribution in [3.05, 3.63) is 35.6 Å². The summed E-state index contributed by atoms with van der Waals surface area (Å²) < 4.78 is 13.1. The van der Waals surface area contributed by atoms with Crippen LogP contribution in [0.3, 0.4) is 0 Å². The van der Waals surface area contributed by atoms with Gasteiger partial charge in [0.2, 0.25) is 11.8 Å². The molecule has 1 aliphatic carbocycles. The lowest BCUT2D eigenvalue weighted by Gasteiger charge is -2.32. The Morgan fingerprint density at radius 2 is 1.80 bits per heavy atom. The first-order valence-corrected chi connectivity index (χ1v) is 9.33. The van der Waals surface area contributed by atoms with E-state index in [2.05, 4.69) is 5.32 Å². The molecule has 5 heteroatoms. The largest absolute Gasteiger partial charge is 0.353 e. The predicted octanol–water partition coefficient (Wildman–Crippen LogP) is 2.91. The van der Waals surface area contributed by atoms with Crippen LogP contribution in [0.25, 0.3) is 0 Å². The first-order valence-electron chi connectivity index (χ1n) is 9.33. The van der Waals surface area contributed by atoms with E-state index in [4.69, 9.17) is 0 Å². The zero-order chi connectivity index (χ0) is 17.8. The summed E-state index contributed by atoms with van der Waals surface area (Å²) in [5.41, 5.74) is 1.13. The van der Waals surface area contributed by atoms with Crippen molar-refractivity contribution in [1.29, 1.82) is 0 Å².